The lowest BCUT2D eigenvalue weighted by Gasteiger charge is -2.23. The van der Waals surface area contributed by atoms with Gasteiger partial charge in [-0.3, -0.25) is 0 Å². The number of nitrogens with one attached hydrogen (secondary N) is 1. The molecule has 0 saturated heterocycles. The molecule has 1 rings (SSSR count). The highest BCUT2D eigenvalue weighted by Crippen LogP contribution is 2.22. The van der Waals surface area contributed by atoms with Crippen molar-refractivity contribution in [2.24, 2.45) is 0 Å². The van der Waals surface area contributed by atoms with E-state index in [9.17, 15) is 19.5 Å². The standard InChI is InChI=1S/C23H35NO7/c1-6-8-12-29-19-11-10-16(14-17(19)20(25)26)15-18(21(27)30-13-9-7-2)24-22(28)31-23(3,4)5/h10-11,14,18H,6-9,12-13,15H2,1-5H3,(H,24,28)(H,25,26). The zero-order valence-corrected chi connectivity index (χ0v) is 19.2. The molecule has 1 amide bonds. The van der Waals surface area contributed by atoms with Gasteiger partial charge in [-0.2, -0.15) is 0 Å². The van der Waals surface area contributed by atoms with Crippen LogP contribution in [0.1, 0.15) is 76.2 Å². The Morgan fingerprint density at radius 2 is 1.71 bits per heavy atom. The van der Waals surface area contributed by atoms with Crippen molar-refractivity contribution in [2.75, 3.05) is 13.2 Å². The van der Waals surface area contributed by atoms with Crippen LogP contribution in [0.2, 0.25) is 0 Å². The van der Waals surface area contributed by atoms with Crippen molar-refractivity contribution in [3.8, 4) is 5.75 Å². The van der Waals surface area contributed by atoms with Crippen LogP contribution in [0.15, 0.2) is 18.2 Å². The SMILES string of the molecule is CCCCOC(=O)C(Cc1ccc(OCCCC)c(C(=O)O)c1)NC(=O)OC(C)(C)C. The third-order valence-electron chi connectivity index (χ3n) is 4.19. The Morgan fingerprint density at radius 1 is 1.06 bits per heavy atom. The predicted octanol–water partition coefficient (Wildman–Crippen LogP) is 4.34. The molecule has 2 N–H and O–H groups in total. The van der Waals surface area contributed by atoms with Crippen LogP contribution in [0.5, 0.6) is 5.75 Å². The van der Waals surface area contributed by atoms with Gasteiger partial charge < -0.3 is 24.6 Å². The van der Waals surface area contributed by atoms with Crippen molar-refractivity contribution in [3.05, 3.63) is 29.3 Å². The van der Waals surface area contributed by atoms with Gasteiger partial charge in [-0.1, -0.05) is 32.8 Å². The molecule has 0 aliphatic carbocycles. The van der Waals surface area contributed by atoms with Crippen LogP contribution in [0.3, 0.4) is 0 Å². The number of carboxylic acid groups (broad SMARTS) is 1. The number of unbranched alkanes of at least 4 members (excludes halogenated alkanes) is 2. The first-order valence-corrected chi connectivity index (χ1v) is 10.7. The summed E-state index contributed by atoms with van der Waals surface area (Å²) in [5.41, 5.74) is -0.174. The molecule has 0 fully saturated rings. The summed E-state index contributed by atoms with van der Waals surface area (Å²) in [6.45, 7) is 9.81. The smallest absolute Gasteiger partial charge is 0.408 e. The molecule has 31 heavy (non-hydrogen) atoms. The molecule has 0 bridgehead atoms. The normalized spacial score (nSPS) is 12.0. The van der Waals surface area contributed by atoms with E-state index < -0.39 is 29.7 Å². The minimum atomic E-state index is -1.13. The highest BCUT2D eigenvalue weighted by atomic mass is 16.6. The number of carbonyl (C=O) groups excluding carboxylic acids is 2. The first-order chi connectivity index (χ1) is 14.6. The Kier molecular flexibility index (Phi) is 10.9. The molecule has 0 aliphatic heterocycles. The van der Waals surface area contributed by atoms with Gasteiger partial charge in [-0.25, -0.2) is 14.4 Å². The topological polar surface area (TPSA) is 111 Å². The lowest BCUT2D eigenvalue weighted by Crippen LogP contribution is -2.45. The Balaban J connectivity index is 3.02. The van der Waals surface area contributed by atoms with Gasteiger partial charge in [0.1, 0.15) is 23.0 Å². The second kappa shape index (κ2) is 12.8. The van der Waals surface area contributed by atoms with Crippen LogP contribution < -0.4 is 10.1 Å². The minimum Gasteiger partial charge on any atom is -0.493 e. The number of rotatable bonds is 12. The number of ether oxygens (including phenoxy) is 3. The van der Waals surface area contributed by atoms with E-state index in [1.54, 1.807) is 32.9 Å². The summed E-state index contributed by atoms with van der Waals surface area (Å²) in [6, 6.07) is 3.69. The number of esters is 1. The summed E-state index contributed by atoms with van der Waals surface area (Å²) in [5.74, 6) is -1.46. The lowest BCUT2D eigenvalue weighted by atomic mass is 10.0. The predicted molar refractivity (Wildman–Crippen MR) is 117 cm³/mol. The molecular weight excluding hydrogens is 402 g/mol. The van der Waals surface area contributed by atoms with E-state index in [0.717, 1.165) is 19.3 Å². The highest BCUT2D eigenvalue weighted by Gasteiger charge is 2.26. The molecular formula is C23H35NO7. The number of hydrogen-bond acceptors (Lipinski definition) is 6. The molecule has 8 nitrogen and oxygen atoms in total. The molecule has 1 aromatic rings. The number of hydrogen-bond donors (Lipinski definition) is 2. The second-order valence-electron chi connectivity index (χ2n) is 8.26. The molecule has 8 heteroatoms. The zero-order chi connectivity index (χ0) is 23.4. The van der Waals surface area contributed by atoms with Crippen LogP contribution in [0.25, 0.3) is 0 Å². The molecule has 1 aromatic carbocycles. The first kappa shape index (κ1) is 26.3. The van der Waals surface area contributed by atoms with E-state index in [1.165, 1.54) is 6.07 Å². The van der Waals surface area contributed by atoms with Gasteiger partial charge in [0.15, 0.2) is 0 Å². The Hall–Kier alpha value is -2.77. The molecule has 1 unspecified atom stereocenters. The number of amides is 1. The van der Waals surface area contributed by atoms with Crippen molar-refractivity contribution in [3.63, 3.8) is 0 Å². The fourth-order valence-corrected chi connectivity index (χ4v) is 2.62. The molecule has 0 aromatic heterocycles. The zero-order valence-electron chi connectivity index (χ0n) is 19.2. The molecule has 174 valence electrons. The fraction of sp³-hybridized carbons (Fsp3) is 0.609. The molecule has 0 aliphatic rings. The Labute approximate surface area is 184 Å². The maximum absolute atomic E-state index is 12.6. The van der Waals surface area contributed by atoms with Gasteiger partial charge in [0.05, 0.1) is 13.2 Å². The van der Waals surface area contributed by atoms with Gasteiger partial charge >= 0.3 is 18.0 Å². The molecule has 0 radical (unpaired) electrons. The van der Waals surface area contributed by atoms with Crippen molar-refractivity contribution in [2.45, 2.75) is 78.4 Å². The third kappa shape index (κ3) is 10.2. The van der Waals surface area contributed by atoms with Gasteiger partial charge in [-0.05, 0) is 51.3 Å². The summed E-state index contributed by atoms with van der Waals surface area (Å²) in [4.78, 5) is 36.4. The van der Waals surface area contributed by atoms with E-state index in [-0.39, 0.29) is 24.3 Å². The van der Waals surface area contributed by atoms with Gasteiger partial charge in [-0.15, -0.1) is 0 Å². The second-order valence-corrected chi connectivity index (χ2v) is 8.26. The molecule has 0 saturated carbocycles. The summed E-state index contributed by atoms with van der Waals surface area (Å²) in [5, 5.41) is 12.1. The maximum Gasteiger partial charge on any atom is 0.408 e. The van der Waals surface area contributed by atoms with Crippen molar-refractivity contribution < 1.29 is 33.7 Å². The van der Waals surface area contributed by atoms with Crippen LogP contribution in [0, 0.1) is 0 Å². The van der Waals surface area contributed by atoms with Gasteiger partial charge in [0.25, 0.3) is 0 Å². The van der Waals surface area contributed by atoms with E-state index >= 15 is 0 Å². The van der Waals surface area contributed by atoms with Crippen molar-refractivity contribution in [1.29, 1.82) is 0 Å². The quantitative estimate of drug-likeness (QED) is 0.369. The van der Waals surface area contributed by atoms with E-state index in [4.69, 9.17) is 14.2 Å². The van der Waals surface area contributed by atoms with Crippen molar-refractivity contribution in [1.82, 2.24) is 5.32 Å². The number of alkyl carbamates (subject to hydrolysis) is 1. The molecule has 0 heterocycles. The van der Waals surface area contributed by atoms with Gasteiger partial charge in [0, 0.05) is 6.42 Å². The molecule has 0 spiro atoms. The number of carbonyl (C=O) groups is 3. The summed E-state index contributed by atoms with van der Waals surface area (Å²) in [6.07, 6.45) is 2.62. The number of carboxylic acids is 1. The molecule has 1 atom stereocenters. The number of aromatic carboxylic acids is 1. The largest absolute Gasteiger partial charge is 0.493 e. The Bertz CT molecular complexity index is 740. The van der Waals surface area contributed by atoms with Crippen LogP contribution in [-0.2, 0) is 20.7 Å². The summed E-state index contributed by atoms with van der Waals surface area (Å²) in [7, 11) is 0. The number of benzene rings is 1. The third-order valence-corrected chi connectivity index (χ3v) is 4.19. The summed E-state index contributed by atoms with van der Waals surface area (Å²) < 4.78 is 16.1. The van der Waals surface area contributed by atoms with Crippen LogP contribution in [0.4, 0.5) is 4.79 Å². The maximum atomic E-state index is 12.6. The Morgan fingerprint density at radius 3 is 2.29 bits per heavy atom. The average molecular weight is 438 g/mol. The van der Waals surface area contributed by atoms with Gasteiger partial charge in [0.2, 0.25) is 0 Å². The highest BCUT2D eigenvalue weighted by molar-refractivity contribution is 5.91. The monoisotopic (exact) mass is 437 g/mol. The average Bonchev–Trinajstić information content (AvgIpc) is 2.67. The minimum absolute atomic E-state index is 0.00368. The lowest BCUT2D eigenvalue weighted by molar-refractivity contribution is -0.146. The van der Waals surface area contributed by atoms with Crippen LogP contribution in [-0.4, -0.2) is 48.0 Å². The van der Waals surface area contributed by atoms with E-state index in [0.29, 0.717) is 18.6 Å². The van der Waals surface area contributed by atoms with Crippen molar-refractivity contribution >= 4 is 18.0 Å². The summed E-state index contributed by atoms with van der Waals surface area (Å²) >= 11 is 0. The fourth-order valence-electron chi connectivity index (χ4n) is 2.62. The van der Waals surface area contributed by atoms with Crippen LogP contribution >= 0.6 is 0 Å². The van der Waals surface area contributed by atoms with E-state index in [2.05, 4.69) is 5.32 Å². The van der Waals surface area contributed by atoms with E-state index in [1.807, 2.05) is 13.8 Å². The first-order valence-electron chi connectivity index (χ1n) is 10.7.